The van der Waals surface area contributed by atoms with E-state index in [1.54, 1.807) is 35.2 Å². The first-order valence-corrected chi connectivity index (χ1v) is 11.6. The van der Waals surface area contributed by atoms with Crippen LogP contribution >= 0.6 is 11.3 Å². The van der Waals surface area contributed by atoms with Crippen molar-refractivity contribution >= 4 is 28.9 Å². The van der Waals surface area contributed by atoms with Crippen LogP contribution in [0.1, 0.15) is 18.4 Å². The normalized spacial score (nSPS) is 14.7. The second-order valence-corrected chi connectivity index (χ2v) is 8.69. The van der Waals surface area contributed by atoms with E-state index in [0.717, 1.165) is 24.2 Å². The van der Waals surface area contributed by atoms with E-state index >= 15 is 0 Å². The Hall–Kier alpha value is -3.97. The smallest absolute Gasteiger partial charge is 0.387 e. The summed E-state index contributed by atoms with van der Waals surface area (Å²) < 4.78 is 36.4. The molecule has 0 N–H and O–H groups in total. The fraction of sp³-hybridized carbons (Fsp3) is 0.240. The Kier molecular flexibility index (Phi) is 7.27. The van der Waals surface area contributed by atoms with E-state index in [9.17, 15) is 23.6 Å². The molecule has 0 saturated carbocycles. The minimum atomic E-state index is -2.94. The van der Waals surface area contributed by atoms with Crippen LogP contribution in [0, 0.1) is 11.3 Å². The zero-order chi connectivity index (χ0) is 24.9. The maximum atomic E-state index is 13.6. The van der Waals surface area contributed by atoms with Gasteiger partial charge < -0.3 is 14.4 Å². The largest absolute Gasteiger partial charge is 0.495 e. The van der Waals surface area contributed by atoms with Crippen molar-refractivity contribution in [3.05, 3.63) is 73.6 Å². The van der Waals surface area contributed by atoms with E-state index in [2.05, 4.69) is 4.74 Å². The van der Waals surface area contributed by atoms with Crippen LogP contribution in [0.2, 0.25) is 0 Å². The zero-order valence-corrected chi connectivity index (χ0v) is 19.6. The number of para-hydroxylation sites is 2. The van der Waals surface area contributed by atoms with Gasteiger partial charge in [0, 0.05) is 13.1 Å². The Morgan fingerprint density at radius 3 is 2.46 bits per heavy atom. The van der Waals surface area contributed by atoms with Crippen LogP contribution in [0.15, 0.2) is 53.3 Å². The number of ether oxygens (including phenoxy) is 2. The molecule has 3 aromatic rings. The highest BCUT2D eigenvalue weighted by Crippen LogP contribution is 2.20. The van der Waals surface area contributed by atoms with E-state index in [4.69, 9.17) is 4.74 Å². The van der Waals surface area contributed by atoms with Gasteiger partial charge in [-0.25, -0.2) is 0 Å². The molecule has 7 nitrogen and oxygen atoms in total. The van der Waals surface area contributed by atoms with E-state index in [1.807, 2.05) is 6.07 Å². The van der Waals surface area contributed by atoms with Crippen LogP contribution in [0.3, 0.4) is 0 Å². The first kappa shape index (κ1) is 24.2. The Labute approximate surface area is 203 Å². The molecular formula is C25H21F2N3O4S. The monoisotopic (exact) mass is 497 g/mol. The molecule has 10 heteroatoms. The fourth-order valence-electron chi connectivity index (χ4n) is 3.85. The van der Waals surface area contributed by atoms with Crippen molar-refractivity contribution in [2.24, 2.45) is 0 Å². The number of likely N-dealkylation sites (tertiary alicyclic amines) is 1. The average molecular weight is 498 g/mol. The number of rotatable bonds is 6. The first-order chi connectivity index (χ1) is 16.9. The summed E-state index contributed by atoms with van der Waals surface area (Å²) in [7, 11) is 1.47. The number of nitrogens with zero attached hydrogens (tertiary/aromatic N) is 3. The molecule has 1 aliphatic rings. The van der Waals surface area contributed by atoms with Crippen LogP contribution in [0.4, 0.5) is 8.78 Å². The number of alkyl halides is 2. The van der Waals surface area contributed by atoms with E-state index < -0.39 is 18.1 Å². The number of halogens is 2. The lowest BCUT2D eigenvalue weighted by Gasteiger charge is -2.14. The molecule has 180 valence electrons. The molecule has 4 rings (SSSR count). The molecule has 0 bridgehead atoms. The number of carbonyl (C=O) groups excluding carboxylic acids is 1. The van der Waals surface area contributed by atoms with Gasteiger partial charge in [-0.15, -0.1) is 11.3 Å². The van der Waals surface area contributed by atoms with Crippen LogP contribution < -0.4 is 24.2 Å². The first-order valence-electron chi connectivity index (χ1n) is 10.8. The Bertz CT molecular complexity index is 1450. The topological polar surface area (TPSA) is 84.6 Å². The summed E-state index contributed by atoms with van der Waals surface area (Å²) in [5.41, 5.74) is 0.395. The van der Waals surface area contributed by atoms with E-state index in [1.165, 1.54) is 35.9 Å². The number of methoxy groups -OCH3 is 1. The van der Waals surface area contributed by atoms with Crippen molar-refractivity contribution in [2.45, 2.75) is 19.5 Å². The summed E-state index contributed by atoms with van der Waals surface area (Å²) in [6.45, 7) is -1.83. The molecule has 0 atom stereocenters. The van der Waals surface area contributed by atoms with Gasteiger partial charge in [0.05, 0.1) is 17.3 Å². The van der Waals surface area contributed by atoms with Gasteiger partial charge in [0.2, 0.25) is 0 Å². The molecule has 2 aromatic carbocycles. The minimum absolute atomic E-state index is 0.00763. The summed E-state index contributed by atoms with van der Waals surface area (Å²) >= 11 is 1.01. The predicted molar refractivity (Wildman–Crippen MR) is 127 cm³/mol. The van der Waals surface area contributed by atoms with Crippen LogP contribution in [0.5, 0.6) is 11.5 Å². The van der Waals surface area contributed by atoms with Crippen molar-refractivity contribution in [1.29, 1.82) is 5.26 Å². The van der Waals surface area contributed by atoms with E-state index in [0.29, 0.717) is 30.1 Å². The zero-order valence-electron chi connectivity index (χ0n) is 18.7. The fourth-order valence-corrected chi connectivity index (χ4v) is 4.94. The number of benzene rings is 2. The number of carbonyl (C=O) groups is 1. The molecule has 35 heavy (non-hydrogen) atoms. The summed E-state index contributed by atoms with van der Waals surface area (Å²) in [6.07, 6.45) is 3.29. The quantitative estimate of drug-likeness (QED) is 0.523. The number of nitriles is 1. The van der Waals surface area contributed by atoms with Gasteiger partial charge in [-0.3, -0.25) is 14.2 Å². The second-order valence-electron chi connectivity index (χ2n) is 7.66. The third kappa shape index (κ3) is 5.10. The molecule has 1 saturated heterocycles. The van der Waals surface area contributed by atoms with E-state index in [-0.39, 0.29) is 20.5 Å². The maximum Gasteiger partial charge on any atom is 0.387 e. The van der Waals surface area contributed by atoms with Gasteiger partial charge in [-0.1, -0.05) is 24.3 Å². The second kappa shape index (κ2) is 10.5. The Balaban J connectivity index is 1.95. The summed E-state index contributed by atoms with van der Waals surface area (Å²) in [4.78, 5) is 28.3. The molecule has 0 aliphatic carbocycles. The SMILES string of the molecule is COc1ccccc1-n1c(=O)/c(=C\c2ccc(OC(F)F)cc2)s/c1=C(/C#N)C(=O)N1CCCC1. The molecule has 2 heterocycles. The molecule has 1 aliphatic heterocycles. The summed E-state index contributed by atoms with van der Waals surface area (Å²) in [5, 5.41) is 9.94. The van der Waals surface area contributed by atoms with Crippen molar-refractivity contribution in [1.82, 2.24) is 9.47 Å². The van der Waals surface area contributed by atoms with Crippen molar-refractivity contribution < 1.29 is 23.0 Å². The number of hydrogen-bond donors (Lipinski definition) is 0. The van der Waals surface area contributed by atoms with Gasteiger partial charge in [0.15, 0.2) is 5.57 Å². The third-order valence-electron chi connectivity index (χ3n) is 5.49. The number of thiazole rings is 1. The lowest BCUT2D eigenvalue weighted by molar-refractivity contribution is -0.123. The van der Waals surface area contributed by atoms with Gasteiger partial charge in [0.25, 0.3) is 11.5 Å². The number of amides is 1. The summed E-state index contributed by atoms with van der Waals surface area (Å²) in [5.74, 6) is -0.0266. The Morgan fingerprint density at radius 2 is 1.83 bits per heavy atom. The minimum Gasteiger partial charge on any atom is -0.495 e. The highest BCUT2D eigenvalue weighted by Gasteiger charge is 2.25. The molecule has 1 amide bonds. The Morgan fingerprint density at radius 1 is 1.14 bits per heavy atom. The molecule has 1 fully saturated rings. The lowest BCUT2D eigenvalue weighted by atomic mass is 10.2. The van der Waals surface area contributed by atoms with Gasteiger partial charge >= 0.3 is 6.61 Å². The third-order valence-corrected chi connectivity index (χ3v) is 6.58. The number of hydrogen-bond acceptors (Lipinski definition) is 6. The molecule has 0 radical (unpaired) electrons. The maximum absolute atomic E-state index is 13.6. The van der Waals surface area contributed by atoms with Crippen LogP contribution in [-0.4, -0.2) is 42.2 Å². The van der Waals surface area contributed by atoms with Crippen LogP contribution in [0.25, 0.3) is 17.3 Å². The van der Waals surface area contributed by atoms with Gasteiger partial charge in [-0.05, 0) is 48.7 Å². The number of aromatic nitrogens is 1. The van der Waals surface area contributed by atoms with Gasteiger partial charge in [0.1, 0.15) is 22.2 Å². The highest BCUT2D eigenvalue weighted by atomic mass is 32.1. The average Bonchev–Trinajstić information content (AvgIpc) is 3.49. The molecule has 0 spiro atoms. The van der Waals surface area contributed by atoms with Crippen molar-refractivity contribution in [3.8, 4) is 23.3 Å². The van der Waals surface area contributed by atoms with Crippen LogP contribution in [-0.2, 0) is 4.79 Å². The molecular weight excluding hydrogens is 476 g/mol. The van der Waals surface area contributed by atoms with Gasteiger partial charge in [-0.2, -0.15) is 14.0 Å². The summed E-state index contributed by atoms with van der Waals surface area (Å²) in [6, 6.07) is 14.7. The standard InChI is InChI=1S/C25H21F2N3O4S/c1-33-20-7-3-2-6-19(20)30-23(32)21(14-16-8-10-17(11-9-16)34-25(26)27)35-24(30)18(15-28)22(31)29-12-4-5-13-29/h2-3,6-11,14,25H,4-5,12-13H2,1H3/b21-14+,24-18-. The molecule has 1 aromatic heterocycles. The predicted octanol–water partition coefficient (Wildman–Crippen LogP) is 2.63. The lowest BCUT2D eigenvalue weighted by Crippen LogP contribution is -2.35. The highest BCUT2D eigenvalue weighted by molar-refractivity contribution is 7.07. The van der Waals surface area contributed by atoms with Crippen molar-refractivity contribution in [3.63, 3.8) is 0 Å². The molecule has 0 unspecified atom stereocenters. The van der Waals surface area contributed by atoms with Crippen molar-refractivity contribution in [2.75, 3.05) is 20.2 Å².